The number of hydrogen-bond acceptors (Lipinski definition) is 4. The fourth-order valence-electron chi connectivity index (χ4n) is 1.59. The normalized spacial score (nSPS) is 11.4. The molecule has 2 aromatic rings. The molecule has 0 bridgehead atoms. The van der Waals surface area contributed by atoms with Gasteiger partial charge in [0.05, 0.1) is 17.3 Å². The molecular weight excluding hydrogens is 250 g/mol. The van der Waals surface area contributed by atoms with Gasteiger partial charge in [-0.15, -0.1) is 0 Å². The van der Waals surface area contributed by atoms with Crippen molar-refractivity contribution in [2.24, 2.45) is 0 Å². The number of aromatic nitrogens is 1. The molecule has 2 rings (SSSR count). The quantitative estimate of drug-likeness (QED) is 0.908. The first-order valence-corrected chi connectivity index (χ1v) is 7.08. The minimum atomic E-state index is -3.34. The van der Waals surface area contributed by atoms with Gasteiger partial charge in [0.2, 0.25) is 0 Å². The van der Waals surface area contributed by atoms with Crippen molar-refractivity contribution >= 4 is 9.84 Å². The van der Waals surface area contributed by atoms with Crippen LogP contribution >= 0.6 is 0 Å². The largest absolute Gasteiger partial charge is 0.392 e. The van der Waals surface area contributed by atoms with Crippen LogP contribution in [0.5, 0.6) is 0 Å². The minimum absolute atomic E-state index is 0.0443. The average molecular weight is 263 g/mol. The Bertz CT molecular complexity index is 606. The number of pyridine rings is 1. The highest BCUT2D eigenvalue weighted by molar-refractivity contribution is 7.90. The van der Waals surface area contributed by atoms with Gasteiger partial charge in [-0.05, 0) is 23.3 Å². The summed E-state index contributed by atoms with van der Waals surface area (Å²) < 4.78 is 24.2. The number of hydrogen-bond donors (Lipinski definition) is 1. The van der Waals surface area contributed by atoms with E-state index in [4.69, 9.17) is 5.11 Å². The van der Waals surface area contributed by atoms with E-state index >= 15 is 0 Å². The molecule has 0 aliphatic rings. The number of aliphatic hydroxyl groups excluding tert-OH is 1. The zero-order chi connectivity index (χ0) is 13.0. The van der Waals surface area contributed by atoms with E-state index in [0.29, 0.717) is 5.56 Å². The Kier molecular flexibility index (Phi) is 3.74. The van der Waals surface area contributed by atoms with Crippen molar-refractivity contribution in [1.82, 2.24) is 4.98 Å². The molecule has 0 fully saturated rings. The third kappa shape index (κ3) is 2.94. The summed E-state index contributed by atoms with van der Waals surface area (Å²) in [7, 11) is -3.34. The van der Waals surface area contributed by atoms with Crippen LogP contribution in [0.1, 0.15) is 11.1 Å². The molecule has 18 heavy (non-hydrogen) atoms. The monoisotopic (exact) mass is 263 g/mol. The Hall–Kier alpha value is -1.72. The Morgan fingerprint density at radius 2 is 1.50 bits per heavy atom. The maximum atomic E-state index is 12.1. The standard InChI is InChI=1S/C13H13NO3S/c15-9-11-1-3-12(4-2-11)10-18(16,17)13-5-7-14-8-6-13/h1-8,15H,9-10H2. The lowest BCUT2D eigenvalue weighted by Crippen LogP contribution is -2.05. The summed E-state index contributed by atoms with van der Waals surface area (Å²) in [5.41, 5.74) is 1.46. The molecule has 1 aromatic carbocycles. The van der Waals surface area contributed by atoms with Gasteiger partial charge < -0.3 is 5.11 Å². The molecule has 1 aromatic heterocycles. The summed E-state index contributed by atoms with van der Waals surface area (Å²) >= 11 is 0. The zero-order valence-corrected chi connectivity index (χ0v) is 10.5. The van der Waals surface area contributed by atoms with E-state index in [0.717, 1.165) is 5.56 Å². The van der Waals surface area contributed by atoms with Gasteiger partial charge in [0, 0.05) is 12.4 Å². The number of sulfone groups is 1. The van der Waals surface area contributed by atoms with Gasteiger partial charge in [-0.2, -0.15) is 0 Å². The SMILES string of the molecule is O=S(=O)(Cc1ccc(CO)cc1)c1ccncc1. The maximum absolute atomic E-state index is 12.1. The molecular formula is C13H13NO3S. The molecule has 1 heterocycles. The minimum Gasteiger partial charge on any atom is -0.392 e. The van der Waals surface area contributed by atoms with Gasteiger partial charge in [-0.3, -0.25) is 4.98 Å². The Morgan fingerprint density at radius 3 is 2.06 bits per heavy atom. The molecule has 0 aliphatic heterocycles. The van der Waals surface area contributed by atoms with E-state index < -0.39 is 9.84 Å². The third-order valence-electron chi connectivity index (χ3n) is 2.57. The first-order chi connectivity index (χ1) is 8.62. The topological polar surface area (TPSA) is 67.3 Å². The molecule has 0 amide bonds. The molecule has 0 spiro atoms. The van der Waals surface area contributed by atoms with Crippen molar-refractivity contribution in [3.05, 3.63) is 59.9 Å². The second-order valence-electron chi connectivity index (χ2n) is 3.92. The van der Waals surface area contributed by atoms with Crippen LogP contribution < -0.4 is 0 Å². The fraction of sp³-hybridized carbons (Fsp3) is 0.154. The second-order valence-corrected chi connectivity index (χ2v) is 5.91. The molecule has 0 saturated carbocycles. The zero-order valence-electron chi connectivity index (χ0n) is 9.65. The number of benzene rings is 1. The number of rotatable bonds is 4. The second kappa shape index (κ2) is 5.29. The predicted octanol–water partition coefficient (Wildman–Crippen LogP) is 1.55. The molecule has 0 saturated heterocycles. The molecule has 0 unspecified atom stereocenters. The lowest BCUT2D eigenvalue weighted by Gasteiger charge is -2.05. The van der Waals surface area contributed by atoms with Crippen molar-refractivity contribution in [3.63, 3.8) is 0 Å². The summed E-state index contributed by atoms with van der Waals surface area (Å²) in [6, 6.07) is 9.83. The van der Waals surface area contributed by atoms with Gasteiger partial charge in [0.25, 0.3) is 0 Å². The van der Waals surface area contributed by atoms with Crippen molar-refractivity contribution in [3.8, 4) is 0 Å². The van der Waals surface area contributed by atoms with Crippen LogP contribution in [0.4, 0.5) is 0 Å². The Labute approximate surface area is 106 Å². The van der Waals surface area contributed by atoms with Crippen LogP contribution in [0.3, 0.4) is 0 Å². The summed E-state index contributed by atoms with van der Waals surface area (Å²) in [4.78, 5) is 4.06. The van der Waals surface area contributed by atoms with E-state index in [9.17, 15) is 8.42 Å². The van der Waals surface area contributed by atoms with Gasteiger partial charge >= 0.3 is 0 Å². The van der Waals surface area contributed by atoms with Crippen LogP contribution in [-0.2, 0) is 22.2 Å². The van der Waals surface area contributed by atoms with Crippen LogP contribution in [-0.4, -0.2) is 18.5 Å². The van der Waals surface area contributed by atoms with E-state index in [1.807, 2.05) is 0 Å². The van der Waals surface area contributed by atoms with Gasteiger partial charge in [0.1, 0.15) is 0 Å². The van der Waals surface area contributed by atoms with Crippen LogP contribution in [0.2, 0.25) is 0 Å². The number of nitrogens with zero attached hydrogens (tertiary/aromatic N) is 1. The Morgan fingerprint density at radius 1 is 0.944 bits per heavy atom. The summed E-state index contributed by atoms with van der Waals surface area (Å²) in [6.45, 7) is -0.0443. The summed E-state index contributed by atoms with van der Waals surface area (Å²) in [5.74, 6) is -0.0529. The van der Waals surface area contributed by atoms with E-state index in [2.05, 4.69) is 4.98 Å². The van der Waals surface area contributed by atoms with Crippen LogP contribution in [0.25, 0.3) is 0 Å². The van der Waals surface area contributed by atoms with Gasteiger partial charge in [-0.25, -0.2) is 8.42 Å². The smallest absolute Gasteiger partial charge is 0.182 e. The average Bonchev–Trinajstić information content (AvgIpc) is 2.40. The fourth-order valence-corrected chi connectivity index (χ4v) is 2.92. The predicted molar refractivity (Wildman–Crippen MR) is 67.5 cm³/mol. The van der Waals surface area contributed by atoms with E-state index in [1.54, 1.807) is 24.3 Å². The molecule has 4 nitrogen and oxygen atoms in total. The van der Waals surface area contributed by atoms with Crippen molar-refractivity contribution in [2.45, 2.75) is 17.3 Å². The summed E-state index contributed by atoms with van der Waals surface area (Å²) in [6.07, 6.45) is 2.92. The lowest BCUT2D eigenvalue weighted by molar-refractivity contribution is 0.282. The molecule has 94 valence electrons. The Balaban J connectivity index is 2.22. The first-order valence-electron chi connectivity index (χ1n) is 5.43. The number of aliphatic hydroxyl groups is 1. The van der Waals surface area contributed by atoms with Crippen LogP contribution in [0.15, 0.2) is 53.7 Å². The highest BCUT2D eigenvalue weighted by Gasteiger charge is 2.14. The maximum Gasteiger partial charge on any atom is 0.182 e. The van der Waals surface area contributed by atoms with Gasteiger partial charge in [-0.1, -0.05) is 24.3 Å². The van der Waals surface area contributed by atoms with E-state index in [-0.39, 0.29) is 17.3 Å². The van der Waals surface area contributed by atoms with Crippen molar-refractivity contribution in [1.29, 1.82) is 0 Å². The van der Waals surface area contributed by atoms with Gasteiger partial charge in [0.15, 0.2) is 9.84 Å². The van der Waals surface area contributed by atoms with E-state index in [1.165, 1.54) is 24.5 Å². The van der Waals surface area contributed by atoms with Crippen LogP contribution in [0, 0.1) is 0 Å². The third-order valence-corrected chi connectivity index (χ3v) is 4.27. The van der Waals surface area contributed by atoms with Crippen molar-refractivity contribution in [2.75, 3.05) is 0 Å². The highest BCUT2D eigenvalue weighted by Crippen LogP contribution is 2.15. The highest BCUT2D eigenvalue weighted by atomic mass is 32.2. The molecule has 0 atom stereocenters. The molecule has 0 radical (unpaired) electrons. The molecule has 5 heteroatoms. The van der Waals surface area contributed by atoms with Crippen molar-refractivity contribution < 1.29 is 13.5 Å². The summed E-state index contributed by atoms with van der Waals surface area (Å²) in [5, 5.41) is 8.91. The molecule has 0 aliphatic carbocycles. The first kappa shape index (κ1) is 12.7. The molecule has 1 N–H and O–H groups in total. The lowest BCUT2D eigenvalue weighted by atomic mass is 10.2.